The summed E-state index contributed by atoms with van der Waals surface area (Å²) in [5.74, 6) is 0. The molecule has 3 aromatic rings. The minimum atomic E-state index is -3.83. The Hall–Kier alpha value is -0.581. The summed E-state index contributed by atoms with van der Waals surface area (Å²) < 4.78 is 4.03. The summed E-state index contributed by atoms with van der Waals surface area (Å²) >= 11 is 4.65. The van der Waals surface area contributed by atoms with E-state index >= 15 is 0 Å². The Morgan fingerprint density at radius 2 is 0.667 bits per heavy atom. The Morgan fingerprint density at radius 3 is 0.905 bits per heavy atom. The van der Waals surface area contributed by atoms with Crippen molar-refractivity contribution in [3.05, 3.63) is 91.0 Å². The number of halogens is 2. The Balaban J connectivity index is 2.36. The van der Waals surface area contributed by atoms with Gasteiger partial charge in [0.2, 0.25) is 0 Å². The van der Waals surface area contributed by atoms with Gasteiger partial charge in [-0.2, -0.15) is 0 Å². The van der Waals surface area contributed by atoms with Crippen molar-refractivity contribution in [2.75, 3.05) is 0 Å². The van der Waals surface area contributed by atoms with Crippen LogP contribution in [0.15, 0.2) is 91.0 Å². The Kier molecular flexibility index (Phi) is 4.30. The van der Waals surface area contributed by atoms with E-state index in [1.165, 1.54) is 10.7 Å². The molecule has 0 nitrogen and oxygen atoms in total. The van der Waals surface area contributed by atoms with E-state index < -0.39 is 12.6 Å². The van der Waals surface area contributed by atoms with Crippen molar-refractivity contribution in [1.29, 1.82) is 0 Å². The van der Waals surface area contributed by atoms with Crippen molar-refractivity contribution < 1.29 is 0 Å². The summed E-state index contributed by atoms with van der Waals surface area (Å²) in [4.78, 5) is 0. The molecule has 0 atom stereocenters. The predicted octanol–water partition coefficient (Wildman–Crippen LogP) is 3.89. The second kappa shape index (κ2) is 5.90. The molecule has 0 saturated heterocycles. The third-order valence-corrected chi connectivity index (χ3v) is 33.8. The fourth-order valence-corrected chi connectivity index (χ4v) is 22.8. The van der Waals surface area contributed by atoms with Crippen molar-refractivity contribution in [3.63, 3.8) is 0 Å². The van der Waals surface area contributed by atoms with Gasteiger partial charge >= 0.3 is 140 Å². The van der Waals surface area contributed by atoms with Crippen LogP contribution in [-0.2, 0) is 0 Å². The molecule has 3 rings (SSSR count). The summed E-state index contributed by atoms with van der Waals surface area (Å²) in [6.07, 6.45) is 0. The van der Waals surface area contributed by atoms with E-state index in [2.05, 4.69) is 116 Å². The third-order valence-electron chi connectivity index (χ3n) is 3.84. The van der Waals surface area contributed by atoms with Gasteiger partial charge in [0.25, 0.3) is 0 Å². The Morgan fingerprint density at radius 1 is 0.429 bits per heavy atom. The van der Waals surface area contributed by atoms with Crippen molar-refractivity contribution in [3.8, 4) is 0 Å². The average molecular weight is 510 g/mol. The van der Waals surface area contributed by atoms with Crippen LogP contribution in [-0.4, -0.2) is 12.6 Å². The van der Waals surface area contributed by atoms with Gasteiger partial charge in [0.15, 0.2) is 0 Å². The van der Waals surface area contributed by atoms with Gasteiger partial charge in [0.1, 0.15) is 0 Å². The molecule has 0 aliphatic carbocycles. The monoisotopic (exact) mass is 509 g/mol. The molecule has 3 aromatic carbocycles. The van der Waals surface area contributed by atoms with E-state index in [9.17, 15) is 0 Å². The first-order chi connectivity index (χ1) is 10.1. The standard InChI is InChI=1S/3C6H5.2BrH.Sn/c3*1-2-4-6-5-3-1;;;/h3*1-5H;2*1H;/q;;;;;+1/p-2. The fraction of sp³-hybridized carbons (Fsp3) is 0. The fourth-order valence-electron chi connectivity index (χ4n) is 2.69. The van der Waals surface area contributed by atoms with Crippen molar-refractivity contribution in [2.24, 2.45) is 0 Å². The molecule has 0 heterocycles. The van der Waals surface area contributed by atoms with E-state index in [1.807, 2.05) is 0 Å². The van der Waals surface area contributed by atoms with Gasteiger partial charge in [-0.3, -0.25) is 0 Å². The maximum absolute atomic E-state index is 4.24. The molecule has 0 saturated carbocycles. The first-order valence-electron chi connectivity index (χ1n) is 6.86. The summed E-state index contributed by atoms with van der Waals surface area (Å²) in [5, 5.41) is 0. The third kappa shape index (κ3) is 2.62. The summed E-state index contributed by atoms with van der Waals surface area (Å²) in [6.45, 7) is 0. The van der Waals surface area contributed by atoms with Gasteiger partial charge in [0, 0.05) is 0 Å². The molecular weight excluding hydrogens is 495 g/mol. The zero-order valence-corrected chi connectivity index (χ0v) is 17.4. The number of hydrogen-bond acceptors (Lipinski definition) is 0. The zero-order valence-electron chi connectivity index (χ0n) is 11.4. The van der Waals surface area contributed by atoms with Crippen LogP contribution < -0.4 is 10.7 Å². The van der Waals surface area contributed by atoms with E-state index in [0.717, 1.165) is 0 Å². The molecule has 3 heteroatoms. The van der Waals surface area contributed by atoms with Crippen LogP contribution in [0.2, 0.25) is 0 Å². The minimum absolute atomic E-state index is 1.34. The van der Waals surface area contributed by atoms with E-state index in [0.29, 0.717) is 0 Å². The van der Waals surface area contributed by atoms with Crippen LogP contribution in [0.5, 0.6) is 0 Å². The predicted molar refractivity (Wildman–Crippen MR) is 102 cm³/mol. The summed E-state index contributed by atoms with van der Waals surface area (Å²) in [7, 11) is 0. The van der Waals surface area contributed by atoms with Crippen LogP contribution in [0.1, 0.15) is 0 Å². The number of rotatable bonds is 3. The summed E-state index contributed by atoms with van der Waals surface area (Å²) in [5.41, 5.74) is 0. The van der Waals surface area contributed by atoms with Crippen LogP contribution in [0.25, 0.3) is 0 Å². The quantitative estimate of drug-likeness (QED) is 0.470. The SMILES string of the molecule is [Br][Sn-]([Br])([c]1ccccc1)([c]1ccccc1)[c]1ccccc1. The molecule has 0 amide bonds. The molecule has 0 spiro atoms. The number of hydrogen-bond donors (Lipinski definition) is 0. The second-order valence-corrected chi connectivity index (χ2v) is 44.3. The van der Waals surface area contributed by atoms with Gasteiger partial charge in [-0.15, -0.1) is 0 Å². The Bertz CT molecular complexity index is 622. The number of benzene rings is 3. The molecule has 0 radical (unpaired) electrons. The second-order valence-electron chi connectivity index (χ2n) is 5.11. The van der Waals surface area contributed by atoms with Gasteiger partial charge in [0.05, 0.1) is 0 Å². The topological polar surface area (TPSA) is 0 Å². The molecule has 0 fully saturated rings. The molecule has 0 bridgehead atoms. The normalized spacial score (nSPS) is 13.3. The van der Waals surface area contributed by atoms with E-state index in [1.54, 1.807) is 0 Å². The maximum atomic E-state index is 4.24. The molecule has 106 valence electrons. The molecule has 0 aliphatic rings. The van der Waals surface area contributed by atoms with Crippen LogP contribution >= 0.6 is 25.4 Å². The summed E-state index contributed by atoms with van der Waals surface area (Å²) in [6, 6.07) is 32.1. The van der Waals surface area contributed by atoms with Crippen molar-refractivity contribution >= 4 is 48.7 Å². The average Bonchev–Trinajstić information content (AvgIpc) is 2.57. The molecule has 21 heavy (non-hydrogen) atoms. The molecule has 0 aromatic heterocycles. The molecule has 0 aliphatic heterocycles. The zero-order chi connectivity index (χ0) is 14.8. The molecule has 0 unspecified atom stereocenters. The van der Waals surface area contributed by atoms with Crippen LogP contribution in [0.3, 0.4) is 0 Å². The van der Waals surface area contributed by atoms with Gasteiger partial charge in [-0.25, -0.2) is 0 Å². The molecular formula is C18H15Br2Sn-. The van der Waals surface area contributed by atoms with Crippen LogP contribution in [0, 0.1) is 0 Å². The van der Waals surface area contributed by atoms with Crippen molar-refractivity contribution in [1.82, 2.24) is 0 Å². The van der Waals surface area contributed by atoms with E-state index in [4.69, 9.17) is 0 Å². The van der Waals surface area contributed by atoms with E-state index in [-0.39, 0.29) is 0 Å². The molecule has 0 N–H and O–H groups in total. The first-order valence-corrected chi connectivity index (χ1v) is 23.9. The van der Waals surface area contributed by atoms with Crippen molar-refractivity contribution in [2.45, 2.75) is 0 Å². The van der Waals surface area contributed by atoms with Gasteiger partial charge in [-0.05, 0) is 0 Å². The van der Waals surface area contributed by atoms with Gasteiger partial charge in [-0.1, -0.05) is 0 Å². The van der Waals surface area contributed by atoms with Gasteiger partial charge < -0.3 is 0 Å². The van der Waals surface area contributed by atoms with Crippen LogP contribution in [0.4, 0.5) is 0 Å². The Labute approximate surface area is 138 Å². The first kappa shape index (κ1) is 15.3.